The third-order valence-corrected chi connectivity index (χ3v) is 6.61. The van der Waals surface area contributed by atoms with Gasteiger partial charge in [-0.1, -0.05) is 43.6 Å². The predicted octanol–water partition coefficient (Wildman–Crippen LogP) is 5.20. The molecule has 2 amide bonds. The van der Waals surface area contributed by atoms with Crippen molar-refractivity contribution < 1.29 is 31.9 Å². The largest absolute Gasteiger partial charge is 0.425 e. The zero-order chi connectivity index (χ0) is 25.8. The average molecular weight is 509 g/mol. The quantitative estimate of drug-likeness (QED) is 0.578. The molecule has 2 aromatic carbocycles. The summed E-state index contributed by atoms with van der Waals surface area (Å²) in [5, 5.41) is 2.06. The van der Waals surface area contributed by atoms with Gasteiger partial charge in [0.1, 0.15) is 5.82 Å². The molecule has 5 nitrogen and oxygen atoms in total. The van der Waals surface area contributed by atoms with Crippen LogP contribution in [0.3, 0.4) is 0 Å². The molecule has 184 valence electrons. The number of Topliss-reactive ketones (excluding diaryl/α,β-unsaturated/α-hetero) is 1. The molecule has 0 bridgehead atoms. The second-order valence-electron chi connectivity index (χ2n) is 9.45. The topological polar surface area (TPSA) is 66.5 Å². The first kappa shape index (κ1) is 24.9. The minimum atomic E-state index is -5.34. The Morgan fingerprint density at radius 2 is 1.69 bits per heavy atom. The molecule has 2 aliphatic rings. The Bertz CT molecular complexity index is 1250. The van der Waals surface area contributed by atoms with Gasteiger partial charge >= 0.3 is 6.18 Å². The molecule has 1 N–H and O–H groups in total. The maximum absolute atomic E-state index is 14.8. The molecule has 0 saturated carbocycles. The SMILES string of the molecule is CC1(C)CC(=O)C2=C(C1)N(Cc1ccccc1Cl)C(=O)[C@]2(NC(=O)c1ccc(F)cc1)C(F)(F)F. The normalized spacial score (nSPS) is 21.9. The van der Waals surface area contributed by atoms with Crippen LogP contribution in [0.25, 0.3) is 0 Å². The number of ketones is 1. The van der Waals surface area contributed by atoms with Crippen molar-refractivity contribution in [1.29, 1.82) is 0 Å². The Kier molecular flexibility index (Phi) is 6.03. The molecule has 1 heterocycles. The molecule has 4 rings (SSSR count). The number of benzene rings is 2. The highest BCUT2D eigenvalue weighted by Gasteiger charge is 2.71. The highest BCUT2D eigenvalue weighted by atomic mass is 35.5. The van der Waals surface area contributed by atoms with Gasteiger partial charge in [-0.15, -0.1) is 0 Å². The maximum Gasteiger partial charge on any atom is 0.425 e. The van der Waals surface area contributed by atoms with E-state index in [9.17, 15) is 31.9 Å². The van der Waals surface area contributed by atoms with Gasteiger partial charge in [0, 0.05) is 22.7 Å². The molecular weight excluding hydrogens is 488 g/mol. The Balaban J connectivity index is 1.88. The molecule has 0 aromatic heterocycles. The zero-order valence-corrected chi connectivity index (χ0v) is 19.6. The highest BCUT2D eigenvalue weighted by molar-refractivity contribution is 6.31. The van der Waals surface area contributed by atoms with Crippen molar-refractivity contribution in [2.75, 3.05) is 0 Å². The third kappa shape index (κ3) is 4.22. The summed E-state index contributed by atoms with van der Waals surface area (Å²) in [4.78, 5) is 40.6. The minimum Gasteiger partial charge on any atom is -0.326 e. The van der Waals surface area contributed by atoms with Gasteiger partial charge in [-0.2, -0.15) is 13.2 Å². The fourth-order valence-electron chi connectivity index (χ4n) is 4.63. The maximum atomic E-state index is 14.8. The number of nitrogens with zero attached hydrogens (tertiary/aromatic N) is 1. The fourth-order valence-corrected chi connectivity index (χ4v) is 4.83. The number of alkyl halides is 3. The van der Waals surface area contributed by atoms with Gasteiger partial charge in [0.2, 0.25) is 5.54 Å². The van der Waals surface area contributed by atoms with E-state index in [1.54, 1.807) is 32.0 Å². The monoisotopic (exact) mass is 508 g/mol. The number of halogens is 5. The molecule has 1 aliphatic carbocycles. The molecule has 0 unspecified atom stereocenters. The summed E-state index contributed by atoms with van der Waals surface area (Å²) in [5.74, 6) is -4.32. The summed E-state index contributed by atoms with van der Waals surface area (Å²) in [6, 6.07) is 10.2. The van der Waals surface area contributed by atoms with Crippen LogP contribution in [0.5, 0.6) is 0 Å². The number of carbonyl (C=O) groups is 3. The van der Waals surface area contributed by atoms with Gasteiger partial charge in [0.15, 0.2) is 5.78 Å². The van der Waals surface area contributed by atoms with Crippen molar-refractivity contribution in [3.63, 3.8) is 0 Å². The number of hydrogen-bond acceptors (Lipinski definition) is 3. The minimum absolute atomic E-state index is 0.00845. The van der Waals surface area contributed by atoms with Crippen molar-refractivity contribution in [3.05, 3.63) is 81.8 Å². The lowest BCUT2D eigenvalue weighted by molar-refractivity contribution is -0.190. The molecule has 1 atom stereocenters. The van der Waals surface area contributed by atoms with E-state index >= 15 is 0 Å². The number of nitrogens with one attached hydrogen (secondary N) is 1. The van der Waals surface area contributed by atoms with E-state index in [-0.39, 0.29) is 35.7 Å². The number of hydrogen-bond donors (Lipinski definition) is 1. The molecule has 10 heteroatoms. The lowest BCUT2D eigenvalue weighted by atomic mass is 9.72. The third-order valence-electron chi connectivity index (χ3n) is 6.24. The summed E-state index contributed by atoms with van der Waals surface area (Å²) in [6.07, 6.45) is -5.56. The van der Waals surface area contributed by atoms with Crippen molar-refractivity contribution in [1.82, 2.24) is 10.2 Å². The summed E-state index contributed by atoms with van der Waals surface area (Å²) in [6.45, 7) is 3.12. The lowest BCUT2D eigenvalue weighted by Gasteiger charge is -2.35. The van der Waals surface area contributed by atoms with Crippen LogP contribution in [-0.2, 0) is 16.1 Å². The molecular formula is C25H21ClF4N2O3. The molecule has 0 spiro atoms. The van der Waals surface area contributed by atoms with Crippen LogP contribution in [0.1, 0.15) is 42.6 Å². The Morgan fingerprint density at radius 3 is 2.29 bits per heavy atom. The predicted molar refractivity (Wildman–Crippen MR) is 120 cm³/mol. The highest BCUT2D eigenvalue weighted by Crippen LogP contribution is 2.52. The lowest BCUT2D eigenvalue weighted by Crippen LogP contribution is -2.66. The summed E-state index contributed by atoms with van der Waals surface area (Å²) in [5.41, 5.74) is -5.07. The molecule has 35 heavy (non-hydrogen) atoms. The molecule has 1 aliphatic heterocycles. The van der Waals surface area contributed by atoms with E-state index in [2.05, 4.69) is 0 Å². The zero-order valence-electron chi connectivity index (χ0n) is 18.8. The number of rotatable bonds is 4. The molecule has 0 radical (unpaired) electrons. The van der Waals surface area contributed by atoms with Crippen molar-refractivity contribution in [3.8, 4) is 0 Å². The van der Waals surface area contributed by atoms with Crippen LogP contribution in [0, 0.1) is 11.2 Å². The molecule has 0 saturated heterocycles. The Hall–Kier alpha value is -3.20. The van der Waals surface area contributed by atoms with Crippen LogP contribution in [-0.4, -0.2) is 34.2 Å². The summed E-state index contributed by atoms with van der Waals surface area (Å²) < 4.78 is 57.7. The smallest absolute Gasteiger partial charge is 0.326 e. The van der Waals surface area contributed by atoms with Gasteiger partial charge in [0.25, 0.3) is 11.8 Å². The Morgan fingerprint density at radius 1 is 1.06 bits per heavy atom. The van der Waals surface area contributed by atoms with E-state index in [4.69, 9.17) is 11.6 Å². The van der Waals surface area contributed by atoms with Gasteiger partial charge in [-0.3, -0.25) is 14.4 Å². The van der Waals surface area contributed by atoms with Crippen LogP contribution < -0.4 is 5.32 Å². The van der Waals surface area contributed by atoms with Gasteiger partial charge in [-0.25, -0.2) is 4.39 Å². The second-order valence-corrected chi connectivity index (χ2v) is 9.86. The average Bonchev–Trinajstić information content (AvgIpc) is 2.98. The van der Waals surface area contributed by atoms with Crippen molar-refractivity contribution >= 4 is 29.2 Å². The van der Waals surface area contributed by atoms with E-state index < -0.39 is 46.1 Å². The number of amides is 2. The summed E-state index contributed by atoms with van der Waals surface area (Å²) >= 11 is 6.20. The van der Waals surface area contributed by atoms with Crippen LogP contribution in [0.4, 0.5) is 17.6 Å². The van der Waals surface area contributed by atoms with Gasteiger partial charge < -0.3 is 10.2 Å². The van der Waals surface area contributed by atoms with Crippen molar-refractivity contribution in [2.45, 2.75) is 44.9 Å². The second kappa shape index (κ2) is 8.48. The van der Waals surface area contributed by atoms with E-state index in [1.807, 2.05) is 5.32 Å². The van der Waals surface area contributed by atoms with Crippen LogP contribution in [0.2, 0.25) is 5.02 Å². The van der Waals surface area contributed by atoms with Gasteiger partial charge in [-0.05, 0) is 47.7 Å². The van der Waals surface area contributed by atoms with Crippen LogP contribution >= 0.6 is 11.6 Å². The number of carbonyl (C=O) groups excluding carboxylic acids is 3. The van der Waals surface area contributed by atoms with E-state index in [1.165, 1.54) is 6.07 Å². The molecule has 2 aromatic rings. The first-order valence-electron chi connectivity index (χ1n) is 10.7. The summed E-state index contributed by atoms with van der Waals surface area (Å²) in [7, 11) is 0. The van der Waals surface area contributed by atoms with Crippen LogP contribution in [0.15, 0.2) is 59.8 Å². The fraction of sp³-hybridized carbons (Fsp3) is 0.320. The number of allylic oxidation sites excluding steroid dienone is 1. The Labute approximate surface area is 203 Å². The first-order chi connectivity index (χ1) is 16.3. The van der Waals surface area contributed by atoms with Gasteiger partial charge in [0.05, 0.1) is 12.1 Å². The molecule has 0 fully saturated rings. The van der Waals surface area contributed by atoms with Crippen molar-refractivity contribution in [2.24, 2.45) is 5.41 Å². The van der Waals surface area contributed by atoms with E-state index in [0.717, 1.165) is 29.2 Å². The standard InChI is InChI=1S/C25H21ClF4N2O3/c1-23(2)11-18-20(19(33)12-23)24(25(28,29)30,31-21(34)14-7-9-16(27)10-8-14)22(35)32(18)13-15-5-3-4-6-17(15)26/h3-10H,11-13H2,1-2H3,(H,31,34)/t24-/m0/s1. The first-order valence-corrected chi connectivity index (χ1v) is 11.1. The van der Waals surface area contributed by atoms with E-state index in [0.29, 0.717) is 5.56 Å².